The Bertz CT molecular complexity index is 1120. The van der Waals surface area contributed by atoms with Crippen molar-refractivity contribution in [1.29, 1.82) is 0 Å². The van der Waals surface area contributed by atoms with E-state index in [1.165, 1.54) is 0 Å². The van der Waals surface area contributed by atoms with Crippen LogP contribution in [0.1, 0.15) is 5.56 Å². The van der Waals surface area contributed by atoms with Crippen LogP contribution in [-0.4, -0.2) is 56.3 Å². The van der Waals surface area contributed by atoms with E-state index in [1.54, 1.807) is 4.68 Å². The summed E-state index contributed by atoms with van der Waals surface area (Å²) in [5.41, 5.74) is 3.03. The van der Waals surface area contributed by atoms with Gasteiger partial charge in [-0.3, -0.25) is 9.88 Å². The van der Waals surface area contributed by atoms with Gasteiger partial charge >= 0.3 is 0 Å². The second-order valence-electron chi connectivity index (χ2n) is 7.09. The van der Waals surface area contributed by atoms with Gasteiger partial charge in [-0.15, -0.1) is 0 Å². The van der Waals surface area contributed by atoms with E-state index in [-0.39, 0.29) is 0 Å². The van der Waals surface area contributed by atoms with E-state index in [9.17, 15) is 0 Å². The zero-order valence-corrected chi connectivity index (χ0v) is 16.6. The number of para-hydroxylation sites is 1. The maximum Gasteiger partial charge on any atom is 0.250 e. The lowest BCUT2D eigenvalue weighted by atomic mass is 10.1. The van der Waals surface area contributed by atoms with E-state index >= 15 is 0 Å². The van der Waals surface area contributed by atoms with Crippen molar-refractivity contribution in [2.75, 3.05) is 31.1 Å². The van der Waals surface area contributed by atoms with Gasteiger partial charge in [0.1, 0.15) is 0 Å². The van der Waals surface area contributed by atoms with Crippen LogP contribution in [0.25, 0.3) is 16.6 Å². The largest absolute Gasteiger partial charge is 0.337 e. The summed E-state index contributed by atoms with van der Waals surface area (Å²) in [5.74, 6) is 0.778. The molecule has 0 radical (unpaired) electrons. The molecule has 0 atom stereocenters. The molecule has 0 spiro atoms. The number of hydrogen-bond donors (Lipinski definition) is 0. The fourth-order valence-electron chi connectivity index (χ4n) is 3.78. The topological polar surface area (TPSA) is 63.0 Å². The predicted molar refractivity (Wildman–Crippen MR) is 113 cm³/mol. The van der Waals surface area contributed by atoms with Crippen LogP contribution < -0.4 is 4.90 Å². The second-order valence-corrected chi connectivity index (χ2v) is 7.50. The molecule has 8 heteroatoms. The molecule has 0 saturated carbocycles. The normalized spacial score (nSPS) is 15.1. The molecule has 2 aromatic carbocycles. The van der Waals surface area contributed by atoms with Crippen molar-refractivity contribution in [3.8, 4) is 5.69 Å². The maximum absolute atomic E-state index is 6.51. The van der Waals surface area contributed by atoms with Crippen LogP contribution in [-0.2, 0) is 6.54 Å². The molecule has 4 aromatic rings. The Balaban J connectivity index is 1.31. The summed E-state index contributed by atoms with van der Waals surface area (Å²) in [4.78, 5) is 9.19. The van der Waals surface area contributed by atoms with Gasteiger partial charge in [-0.1, -0.05) is 47.0 Å². The Morgan fingerprint density at radius 2 is 1.72 bits per heavy atom. The molecular formula is C21H20ClN7. The number of fused-ring (bicyclic) bond motifs is 1. The molecule has 0 amide bonds. The van der Waals surface area contributed by atoms with E-state index in [4.69, 9.17) is 11.6 Å². The molecule has 0 unspecified atom stereocenters. The first-order valence-corrected chi connectivity index (χ1v) is 10.0. The van der Waals surface area contributed by atoms with Crippen LogP contribution in [0.2, 0.25) is 5.02 Å². The number of benzene rings is 2. The molecule has 2 aromatic heterocycles. The van der Waals surface area contributed by atoms with Crippen molar-refractivity contribution < 1.29 is 0 Å². The molecule has 1 aliphatic rings. The average molecular weight is 406 g/mol. The minimum absolute atomic E-state index is 0.770. The number of aromatic nitrogens is 5. The highest BCUT2D eigenvalue weighted by Gasteiger charge is 2.23. The van der Waals surface area contributed by atoms with Crippen molar-refractivity contribution in [2.24, 2.45) is 0 Å². The van der Waals surface area contributed by atoms with Crippen molar-refractivity contribution in [3.05, 3.63) is 71.4 Å². The van der Waals surface area contributed by atoms with E-state index in [0.717, 1.165) is 65.8 Å². The first-order valence-electron chi connectivity index (χ1n) is 9.63. The molecule has 3 heterocycles. The van der Waals surface area contributed by atoms with Crippen LogP contribution in [0, 0.1) is 0 Å². The number of halogens is 1. The summed E-state index contributed by atoms with van der Waals surface area (Å²) in [5, 5.41) is 14.2. The van der Waals surface area contributed by atoms with Crippen LogP contribution in [0.3, 0.4) is 0 Å². The maximum atomic E-state index is 6.51. The van der Waals surface area contributed by atoms with Gasteiger partial charge in [0.15, 0.2) is 0 Å². The third-order valence-corrected chi connectivity index (χ3v) is 5.67. The molecule has 1 aliphatic heterocycles. The summed E-state index contributed by atoms with van der Waals surface area (Å²) in [7, 11) is 0. The lowest BCUT2D eigenvalue weighted by molar-refractivity contribution is 0.249. The van der Waals surface area contributed by atoms with E-state index in [1.807, 2.05) is 54.7 Å². The third kappa shape index (κ3) is 3.54. The van der Waals surface area contributed by atoms with Crippen molar-refractivity contribution in [2.45, 2.75) is 6.54 Å². The number of nitrogens with zero attached hydrogens (tertiary/aromatic N) is 7. The molecule has 1 saturated heterocycles. The Morgan fingerprint density at radius 3 is 2.55 bits per heavy atom. The highest BCUT2D eigenvalue weighted by atomic mass is 35.5. The highest BCUT2D eigenvalue weighted by molar-refractivity contribution is 6.32. The Morgan fingerprint density at radius 1 is 0.897 bits per heavy atom. The summed E-state index contributed by atoms with van der Waals surface area (Å²) in [6.45, 7) is 4.29. The SMILES string of the molecule is Clc1ccc2cccnc2c1CN1CCN(c2nnnn2-c2ccccc2)CC1. The Labute approximate surface area is 173 Å². The first-order chi connectivity index (χ1) is 14.3. The molecule has 5 rings (SSSR count). The monoisotopic (exact) mass is 405 g/mol. The highest BCUT2D eigenvalue weighted by Crippen LogP contribution is 2.26. The third-order valence-electron chi connectivity index (χ3n) is 5.31. The van der Waals surface area contributed by atoms with Gasteiger partial charge in [-0.05, 0) is 34.7 Å². The fraction of sp³-hybridized carbons (Fsp3) is 0.238. The lowest BCUT2D eigenvalue weighted by Gasteiger charge is -2.35. The fourth-order valence-corrected chi connectivity index (χ4v) is 3.99. The van der Waals surface area contributed by atoms with Gasteiger partial charge in [0, 0.05) is 54.9 Å². The molecule has 146 valence electrons. The number of rotatable bonds is 4. The number of piperazine rings is 1. The quantitative estimate of drug-likeness (QED) is 0.519. The van der Waals surface area contributed by atoms with Crippen LogP contribution >= 0.6 is 11.6 Å². The Hall–Kier alpha value is -3.03. The van der Waals surface area contributed by atoms with Crippen molar-refractivity contribution >= 4 is 28.5 Å². The molecule has 0 aliphatic carbocycles. The zero-order valence-electron chi connectivity index (χ0n) is 15.8. The molecule has 1 fully saturated rings. The summed E-state index contributed by atoms with van der Waals surface area (Å²) in [6, 6.07) is 18.0. The predicted octanol–water partition coefficient (Wildman–Crippen LogP) is 3.19. The standard InChI is InChI=1S/C21H20ClN7/c22-19-9-8-16-5-4-10-23-20(16)18(19)15-27-11-13-28(14-12-27)21-24-25-26-29(21)17-6-2-1-3-7-17/h1-10H,11-15H2. The molecule has 0 bridgehead atoms. The van der Waals surface area contributed by atoms with Crippen LogP contribution in [0.15, 0.2) is 60.8 Å². The van der Waals surface area contributed by atoms with Gasteiger partial charge in [0.2, 0.25) is 5.95 Å². The van der Waals surface area contributed by atoms with Gasteiger partial charge < -0.3 is 4.90 Å². The van der Waals surface area contributed by atoms with Crippen molar-refractivity contribution in [1.82, 2.24) is 30.1 Å². The van der Waals surface area contributed by atoms with Gasteiger partial charge in [0.25, 0.3) is 0 Å². The van der Waals surface area contributed by atoms with Crippen molar-refractivity contribution in [3.63, 3.8) is 0 Å². The Kier molecular flexibility index (Phi) is 4.83. The number of anilines is 1. The molecule has 29 heavy (non-hydrogen) atoms. The second kappa shape index (κ2) is 7.77. The number of hydrogen-bond acceptors (Lipinski definition) is 6. The van der Waals surface area contributed by atoms with Crippen LogP contribution in [0.5, 0.6) is 0 Å². The van der Waals surface area contributed by atoms with Gasteiger partial charge in [-0.25, -0.2) is 0 Å². The first kappa shape index (κ1) is 18.0. The summed E-state index contributed by atoms with van der Waals surface area (Å²) >= 11 is 6.51. The summed E-state index contributed by atoms with van der Waals surface area (Å²) in [6.07, 6.45) is 1.82. The smallest absolute Gasteiger partial charge is 0.250 e. The van der Waals surface area contributed by atoms with E-state index in [0.29, 0.717) is 0 Å². The summed E-state index contributed by atoms with van der Waals surface area (Å²) < 4.78 is 1.79. The minimum Gasteiger partial charge on any atom is -0.337 e. The zero-order chi connectivity index (χ0) is 19.6. The van der Waals surface area contributed by atoms with Gasteiger partial charge in [0.05, 0.1) is 11.2 Å². The number of tetrazole rings is 1. The average Bonchev–Trinajstić information content (AvgIpc) is 3.27. The van der Waals surface area contributed by atoms with E-state index < -0.39 is 0 Å². The molecule has 0 N–H and O–H groups in total. The van der Waals surface area contributed by atoms with E-state index in [2.05, 4.69) is 36.4 Å². The molecular weight excluding hydrogens is 386 g/mol. The van der Waals surface area contributed by atoms with Gasteiger partial charge in [-0.2, -0.15) is 4.68 Å². The van der Waals surface area contributed by atoms with Crippen LogP contribution in [0.4, 0.5) is 5.95 Å². The molecule has 7 nitrogen and oxygen atoms in total. The number of pyridine rings is 1. The lowest BCUT2D eigenvalue weighted by Crippen LogP contribution is -2.46. The minimum atomic E-state index is 0.770.